The SMILES string of the molecule is CC(CN)NC(=O)c1ccc(-c2nc3ncc(O)c(NC4C5C=CC(C5)C4C(N)=O)c3[nH]2)cc1. The number of carbonyl (C=O) groups excluding carboxylic acids is 2. The molecule has 176 valence electrons. The number of aromatic amines is 1. The molecule has 2 bridgehead atoms. The molecule has 0 aliphatic heterocycles. The number of amides is 2. The van der Waals surface area contributed by atoms with Gasteiger partial charge < -0.3 is 32.2 Å². The van der Waals surface area contributed by atoms with Crippen LogP contribution in [0.15, 0.2) is 42.6 Å². The standard InChI is InChI=1S/C24H27N7O3/c1-11(9-25)28-24(34)13-4-2-12(3-5-13)22-30-20-19(16(32)10-27-23(20)31-22)29-18-15-7-6-14(8-15)17(18)21(26)33/h2-7,10-11,14-15,17-18,32H,8-9,25H2,1H3,(H2,26,33)(H,28,34)(H2,27,29,30,31). The number of hydrogen-bond donors (Lipinski definition) is 6. The molecule has 0 saturated heterocycles. The molecule has 2 aromatic heterocycles. The molecule has 1 saturated carbocycles. The van der Waals surface area contributed by atoms with Crippen LogP contribution in [0.4, 0.5) is 5.69 Å². The number of anilines is 1. The Hall–Kier alpha value is -3.92. The first kappa shape index (κ1) is 21.9. The van der Waals surface area contributed by atoms with Gasteiger partial charge in [0.2, 0.25) is 5.91 Å². The second kappa shape index (κ2) is 8.45. The minimum absolute atomic E-state index is 0.0429. The number of benzene rings is 1. The number of hydrogen-bond acceptors (Lipinski definition) is 7. The first-order chi connectivity index (χ1) is 16.4. The highest BCUT2D eigenvalue weighted by atomic mass is 16.3. The Balaban J connectivity index is 1.43. The van der Waals surface area contributed by atoms with Crippen LogP contribution in [-0.4, -0.2) is 50.5 Å². The number of primary amides is 1. The number of pyridine rings is 1. The number of fused-ring (bicyclic) bond motifs is 3. The summed E-state index contributed by atoms with van der Waals surface area (Å²) in [6, 6.07) is 6.66. The second-order valence-corrected chi connectivity index (χ2v) is 9.04. The number of nitrogens with zero attached hydrogens (tertiary/aromatic N) is 2. The third-order valence-electron chi connectivity index (χ3n) is 6.75. The number of nitrogens with two attached hydrogens (primary N) is 2. The van der Waals surface area contributed by atoms with Crippen LogP contribution in [0.3, 0.4) is 0 Å². The first-order valence-corrected chi connectivity index (χ1v) is 11.3. The summed E-state index contributed by atoms with van der Waals surface area (Å²) in [6.07, 6.45) is 6.35. The van der Waals surface area contributed by atoms with Crippen molar-refractivity contribution in [3.63, 3.8) is 0 Å². The molecule has 1 aromatic carbocycles. The van der Waals surface area contributed by atoms with E-state index in [2.05, 4.69) is 37.7 Å². The highest BCUT2D eigenvalue weighted by Gasteiger charge is 2.47. The number of H-pyrrole nitrogens is 1. The van der Waals surface area contributed by atoms with Crippen molar-refractivity contribution in [2.45, 2.75) is 25.4 Å². The predicted octanol–water partition coefficient (Wildman–Crippen LogP) is 1.50. The predicted molar refractivity (Wildman–Crippen MR) is 128 cm³/mol. The second-order valence-electron chi connectivity index (χ2n) is 9.04. The lowest BCUT2D eigenvalue weighted by Crippen LogP contribution is -2.41. The van der Waals surface area contributed by atoms with E-state index in [0.717, 1.165) is 12.0 Å². The van der Waals surface area contributed by atoms with Gasteiger partial charge in [-0.15, -0.1) is 0 Å². The molecule has 8 N–H and O–H groups in total. The monoisotopic (exact) mass is 461 g/mol. The molecule has 0 spiro atoms. The van der Waals surface area contributed by atoms with Crippen LogP contribution >= 0.6 is 0 Å². The van der Waals surface area contributed by atoms with Gasteiger partial charge in [0.15, 0.2) is 11.4 Å². The van der Waals surface area contributed by atoms with E-state index in [-0.39, 0.29) is 47.4 Å². The Morgan fingerprint density at radius 1 is 1.24 bits per heavy atom. The molecule has 10 nitrogen and oxygen atoms in total. The van der Waals surface area contributed by atoms with Crippen LogP contribution in [0.1, 0.15) is 23.7 Å². The lowest BCUT2D eigenvalue weighted by atomic mass is 9.88. The molecule has 2 heterocycles. The largest absolute Gasteiger partial charge is 0.504 e. The zero-order valence-electron chi connectivity index (χ0n) is 18.7. The minimum Gasteiger partial charge on any atom is -0.504 e. The maximum Gasteiger partial charge on any atom is 0.251 e. The van der Waals surface area contributed by atoms with Gasteiger partial charge in [-0.3, -0.25) is 9.59 Å². The van der Waals surface area contributed by atoms with Gasteiger partial charge in [-0.1, -0.05) is 24.3 Å². The van der Waals surface area contributed by atoms with Crippen LogP contribution < -0.4 is 22.1 Å². The fourth-order valence-corrected chi connectivity index (χ4v) is 4.95. The lowest BCUT2D eigenvalue weighted by molar-refractivity contribution is -0.122. The number of aromatic hydroxyl groups is 1. The molecule has 2 aliphatic rings. The number of aromatic nitrogens is 3. The maximum absolute atomic E-state index is 12.3. The van der Waals surface area contributed by atoms with Crippen molar-refractivity contribution < 1.29 is 14.7 Å². The molecule has 0 radical (unpaired) electrons. The Morgan fingerprint density at radius 2 is 1.97 bits per heavy atom. The first-order valence-electron chi connectivity index (χ1n) is 11.3. The summed E-state index contributed by atoms with van der Waals surface area (Å²) in [7, 11) is 0. The van der Waals surface area contributed by atoms with Crippen LogP contribution in [0.25, 0.3) is 22.6 Å². The van der Waals surface area contributed by atoms with E-state index < -0.39 is 0 Å². The Morgan fingerprint density at radius 3 is 2.68 bits per heavy atom. The average molecular weight is 462 g/mol. The van der Waals surface area contributed by atoms with Crippen molar-refractivity contribution in [2.75, 3.05) is 11.9 Å². The van der Waals surface area contributed by atoms with E-state index >= 15 is 0 Å². The van der Waals surface area contributed by atoms with Crippen molar-refractivity contribution in [1.82, 2.24) is 20.3 Å². The summed E-state index contributed by atoms with van der Waals surface area (Å²) >= 11 is 0. The summed E-state index contributed by atoms with van der Waals surface area (Å²) in [5.74, 6) is -0.129. The smallest absolute Gasteiger partial charge is 0.251 e. The zero-order chi connectivity index (χ0) is 24.0. The summed E-state index contributed by atoms with van der Waals surface area (Å²) in [5, 5.41) is 16.8. The van der Waals surface area contributed by atoms with E-state index in [1.807, 2.05) is 6.92 Å². The summed E-state index contributed by atoms with van der Waals surface area (Å²) in [6.45, 7) is 2.20. The van der Waals surface area contributed by atoms with Gasteiger partial charge in [-0.25, -0.2) is 9.97 Å². The van der Waals surface area contributed by atoms with Crippen LogP contribution in [0.5, 0.6) is 5.75 Å². The normalized spacial score (nSPS) is 23.8. The summed E-state index contributed by atoms with van der Waals surface area (Å²) in [4.78, 5) is 36.4. The Kier molecular flexibility index (Phi) is 5.45. The molecular weight excluding hydrogens is 434 g/mol. The Bertz CT molecular complexity index is 1280. The molecular formula is C24H27N7O3. The molecule has 5 atom stereocenters. The summed E-state index contributed by atoms with van der Waals surface area (Å²) in [5.41, 5.74) is 13.9. The third kappa shape index (κ3) is 3.75. The fourth-order valence-electron chi connectivity index (χ4n) is 4.95. The molecule has 2 aliphatic carbocycles. The minimum atomic E-state index is -0.352. The highest BCUT2D eigenvalue weighted by Crippen LogP contribution is 2.46. The van der Waals surface area contributed by atoms with Gasteiger partial charge in [-0.2, -0.15) is 0 Å². The topological polar surface area (TPSA) is 172 Å². The molecule has 3 aromatic rings. The average Bonchev–Trinajstić information content (AvgIpc) is 3.55. The third-order valence-corrected chi connectivity index (χ3v) is 6.75. The molecule has 34 heavy (non-hydrogen) atoms. The molecule has 5 rings (SSSR count). The van der Waals surface area contributed by atoms with Crippen molar-refractivity contribution in [1.29, 1.82) is 0 Å². The number of imidazole rings is 1. The van der Waals surface area contributed by atoms with E-state index in [9.17, 15) is 14.7 Å². The van der Waals surface area contributed by atoms with Crippen molar-refractivity contribution >= 4 is 28.7 Å². The number of nitrogens with one attached hydrogen (secondary N) is 3. The number of allylic oxidation sites excluding steroid dienone is 1. The zero-order valence-corrected chi connectivity index (χ0v) is 18.7. The van der Waals surface area contributed by atoms with Gasteiger partial charge in [0.05, 0.1) is 12.1 Å². The van der Waals surface area contributed by atoms with Crippen LogP contribution in [0.2, 0.25) is 0 Å². The van der Waals surface area contributed by atoms with Crippen molar-refractivity contribution in [3.8, 4) is 17.1 Å². The molecule has 1 fully saturated rings. The van der Waals surface area contributed by atoms with Gasteiger partial charge in [-0.05, 0) is 37.3 Å². The van der Waals surface area contributed by atoms with Crippen molar-refractivity contribution in [3.05, 3.63) is 48.2 Å². The lowest BCUT2D eigenvalue weighted by Gasteiger charge is -2.27. The number of carbonyl (C=O) groups is 2. The van der Waals surface area contributed by atoms with E-state index in [1.165, 1.54) is 6.20 Å². The van der Waals surface area contributed by atoms with Crippen LogP contribution in [-0.2, 0) is 4.79 Å². The van der Waals surface area contributed by atoms with E-state index in [0.29, 0.717) is 34.8 Å². The van der Waals surface area contributed by atoms with E-state index in [1.54, 1.807) is 24.3 Å². The molecule has 10 heteroatoms. The van der Waals surface area contributed by atoms with Gasteiger partial charge in [0, 0.05) is 29.8 Å². The van der Waals surface area contributed by atoms with Gasteiger partial charge in [0.25, 0.3) is 5.91 Å². The van der Waals surface area contributed by atoms with Crippen LogP contribution in [0, 0.1) is 17.8 Å². The molecule has 5 unspecified atom stereocenters. The van der Waals surface area contributed by atoms with Gasteiger partial charge in [0.1, 0.15) is 17.0 Å². The molecule has 2 amide bonds. The Labute approximate surface area is 195 Å². The highest BCUT2D eigenvalue weighted by molar-refractivity contribution is 5.95. The summed E-state index contributed by atoms with van der Waals surface area (Å²) < 4.78 is 0. The van der Waals surface area contributed by atoms with E-state index in [4.69, 9.17) is 11.5 Å². The number of rotatable bonds is 7. The quantitative estimate of drug-likeness (QED) is 0.289. The van der Waals surface area contributed by atoms with Crippen molar-refractivity contribution in [2.24, 2.45) is 29.2 Å². The maximum atomic E-state index is 12.3. The fraction of sp³-hybridized carbons (Fsp3) is 0.333. The van der Waals surface area contributed by atoms with Gasteiger partial charge >= 0.3 is 0 Å².